The van der Waals surface area contributed by atoms with E-state index in [1.165, 1.54) is 10.8 Å². The molecule has 100 valence electrons. The van der Waals surface area contributed by atoms with Crippen LogP contribution in [-0.2, 0) is 6.54 Å². The van der Waals surface area contributed by atoms with Crippen molar-refractivity contribution in [1.82, 2.24) is 9.55 Å². The zero-order valence-electron chi connectivity index (χ0n) is 9.93. The van der Waals surface area contributed by atoms with E-state index in [-0.39, 0.29) is 0 Å². The zero-order chi connectivity index (χ0) is 13.8. The van der Waals surface area contributed by atoms with Gasteiger partial charge < -0.3 is 10.5 Å². The van der Waals surface area contributed by atoms with Crippen molar-refractivity contribution in [3.63, 3.8) is 0 Å². The molecule has 19 heavy (non-hydrogen) atoms. The number of nitrogen functional groups attached to an aromatic ring is 1. The SMILES string of the molecule is Nc1ccc(OCCn2cc(Br)c(=O)[nH]c2=O)cc1. The van der Waals surface area contributed by atoms with E-state index < -0.39 is 11.2 Å². The van der Waals surface area contributed by atoms with E-state index in [4.69, 9.17) is 10.5 Å². The molecule has 0 saturated heterocycles. The van der Waals surface area contributed by atoms with Gasteiger partial charge in [0, 0.05) is 11.9 Å². The summed E-state index contributed by atoms with van der Waals surface area (Å²) in [5.41, 5.74) is 5.31. The molecule has 1 aromatic carbocycles. The highest BCUT2D eigenvalue weighted by atomic mass is 79.9. The Kier molecular flexibility index (Phi) is 4.06. The van der Waals surface area contributed by atoms with Gasteiger partial charge in [0.1, 0.15) is 12.4 Å². The molecule has 2 aromatic rings. The van der Waals surface area contributed by atoms with Gasteiger partial charge in [-0.3, -0.25) is 14.3 Å². The van der Waals surface area contributed by atoms with E-state index in [1.807, 2.05) is 0 Å². The van der Waals surface area contributed by atoms with Crippen LogP contribution >= 0.6 is 15.9 Å². The molecule has 0 bridgehead atoms. The molecule has 7 heteroatoms. The molecule has 0 aliphatic rings. The summed E-state index contributed by atoms with van der Waals surface area (Å²) < 4.78 is 7.14. The van der Waals surface area contributed by atoms with E-state index in [9.17, 15) is 9.59 Å². The highest BCUT2D eigenvalue weighted by Gasteiger charge is 2.02. The Labute approximate surface area is 117 Å². The van der Waals surface area contributed by atoms with Crippen molar-refractivity contribution < 1.29 is 4.74 Å². The van der Waals surface area contributed by atoms with Crippen LogP contribution in [0.25, 0.3) is 0 Å². The number of anilines is 1. The number of hydrogen-bond donors (Lipinski definition) is 2. The molecule has 1 aromatic heterocycles. The second-order valence-electron chi connectivity index (χ2n) is 3.85. The number of benzene rings is 1. The molecule has 0 fully saturated rings. The molecule has 0 spiro atoms. The minimum Gasteiger partial charge on any atom is -0.492 e. The van der Waals surface area contributed by atoms with Gasteiger partial charge in [0.2, 0.25) is 0 Å². The topological polar surface area (TPSA) is 90.1 Å². The van der Waals surface area contributed by atoms with Gasteiger partial charge >= 0.3 is 5.69 Å². The minimum absolute atomic E-state index is 0.305. The number of nitrogens with one attached hydrogen (secondary N) is 1. The van der Waals surface area contributed by atoms with Crippen LogP contribution in [0.3, 0.4) is 0 Å². The summed E-state index contributed by atoms with van der Waals surface area (Å²) in [5, 5.41) is 0. The maximum atomic E-state index is 11.5. The van der Waals surface area contributed by atoms with Crippen LogP contribution in [-0.4, -0.2) is 16.2 Å². The number of hydrogen-bond acceptors (Lipinski definition) is 4. The van der Waals surface area contributed by atoms with Crippen LogP contribution < -0.4 is 21.7 Å². The van der Waals surface area contributed by atoms with Crippen LogP contribution in [0.15, 0.2) is 44.5 Å². The van der Waals surface area contributed by atoms with Crippen molar-refractivity contribution in [3.05, 3.63) is 55.8 Å². The van der Waals surface area contributed by atoms with Gasteiger partial charge in [-0.2, -0.15) is 0 Å². The third-order valence-electron chi connectivity index (χ3n) is 2.45. The van der Waals surface area contributed by atoms with Crippen LogP contribution in [0.2, 0.25) is 0 Å². The van der Waals surface area contributed by atoms with E-state index in [0.717, 1.165) is 0 Å². The third kappa shape index (κ3) is 3.47. The van der Waals surface area contributed by atoms with Gasteiger partial charge in [-0.25, -0.2) is 4.79 Å². The van der Waals surface area contributed by atoms with Gasteiger partial charge in [-0.15, -0.1) is 0 Å². The van der Waals surface area contributed by atoms with Crippen molar-refractivity contribution in [2.24, 2.45) is 0 Å². The first-order valence-corrected chi connectivity index (χ1v) is 6.33. The van der Waals surface area contributed by atoms with Crippen LogP contribution in [0.1, 0.15) is 0 Å². The van der Waals surface area contributed by atoms with Gasteiger partial charge in [0.05, 0.1) is 11.0 Å². The molecule has 0 aliphatic carbocycles. The van der Waals surface area contributed by atoms with Crippen LogP contribution in [0.4, 0.5) is 5.69 Å². The first-order chi connectivity index (χ1) is 9.06. The molecule has 1 heterocycles. The van der Waals surface area contributed by atoms with Crippen LogP contribution in [0.5, 0.6) is 5.75 Å². The fraction of sp³-hybridized carbons (Fsp3) is 0.167. The number of H-pyrrole nitrogens is 1. The lowest BCUT2D eigenvalue weighted by Gasteiger charge is -2.08. The number of nitrogens with zero attached hydrogens (tertiary/aromatic N) is 1. The molecule has 6 nitrogen and oxygen atoms in total. The quantitative estimate of drug-likeness (QED) is 0.819. The molecule has 3 N–H and O–H groups in total. The number of aromatic amines is 1. The van der Waals surface area contributed by atoms with Crippen LogP contribution in [0, 0.1) is 0 Å². The molecule has 0 atom stereocenters. The highest BCUT2D eigenvalue weighted by molar-refractivity contribution is 9.10. The van der Waals surface area contributed by atoms with Gasteiger partial charge in [0.15, 0.2) is 0 Å². The lowest BCUT2D eigenvalue weighted by molar-refractivity contribution is 0.295. The summed E-state index contributed by atoms with van der Waals surface area (Å²) in [6, 6.07) is 6.97. The highest BCUT2D eigenvalue weighted by Crippen LogP contribution is 2.12. The maximum Gasteiger partial charge on any atom is 0.328 e. The van der Waals surface area contributed by atoms with Crippen molar-refractivity contribution in [3.8, 4) is 5.75 Å². The number of aromatic nitrogens is 2. The Morgan fingerprint density at radius 2 is 1.95 bits per heavy atom. The molecule has 0 amide bonds. The van der Waals surface area contributed by atoms with Gasteiger partial charge in [0.25, 0.3) is 5.56 Å². The smallest absolute Gasteiger partial charge is 0.328 e. The lowest BCUT2D eigenvalue weighted by Crippen LogP contribution is -2.31. The monoisotopic (exact) mass is 325 g/mol. The minimum atomic E-state index is -0.464. The first kappa shape index (κ1) is 13.4. The lowest BCUT2D eigenvalue weighted by atomic mass is 10.3. The summed E-state index contributed by atoms with van der Waals surface area (Å²) in [6.07, 6.45) is 1.44. The summed E-state index contributed by atoms with van der Waals surface area (Å²) in [4.78, 5) is 24.9. The van der Waals surface area contributed by atoms with Crippen molar-refractivity contribution in [2.45, 2.75) is 6.54 Å². The van der Waals surface area contributed by atoms with E-state index in [1.54, 1.807) is 24.3 Å². The van der Waals surface area contributed by atoms with Crippen molar-refractivity contribution >= 4 is 21.6 Å². The standard InChI is InChI=1S/C12H12BrN3O3/c13-10-7-16(12(18)15-11(10)17)5-6-19-9-3-1-8(14)2-4-9/h1-4,7H,5-6,14H2,(H,15,17,18). The number of halogens is 1. The van der Waals surface area contributed by atoms with E-state index in [0.29, 0.717) is 29.1 Å². The second kappa shape index (κ2) is 5.75. The molecule has 0 saturated carbocycles. The number of ether oxygens (including phenoxy) is 1. The van der Waals surface area contributed by atoms with Crippen molar-refractivity contribution in [1.29, 1.82) is 0 Å². The molecule has 0 unspecified atom stereocenters. The normalized spacial score (nSPS) is 10.4. The fourth-order valence-electron chi connectivity index (χ4n) is 1.47. The Hall–Kier alpha value is -2.02. The Balaban J connectivity index is 2.00. The van der Waals surface area contributed by atoms with Gasteiger partial charge in [-0.05, 0) is 40.2 Å². The van der Waals surface area contributed by atoms with Gasteiger partial charge in [-0.1, -0.05) is 0 Å². The summed E-state index contributed by atoms with van der Waals surface area (Å²) in [5.74, 6) is 0.672. The summed E-state index contributed by atoms with van der Waals surface area (Å²) in [7, 11) is 0. The average molecular weight is 326 g/mol. The second-order valence-corrected chi connectivity index (χ2v) is 4.70. The molecular weight excluding hydrogens is 314 g/mol. The number of rotatable bonds is 4. The van der Waals surface area contributed by atoms with E-state index in [2.05, 4.69) is 20.9 Å². The van der Waals surface area contributed by atoms with E-state index >= 15 is 0 Å². The first-order valence-electron chi connectivity index (χ1n) is 5.54. The molecule has 2 rings (SSSR count). The van der Waals surface area contributed by atoms with Crippen molar-refractivity contribution in [2.75, 3.05) is 12.3 Å². The Morgan fingerprint density at radius 1 is 1.26 bits per heavy atom. The Morgan fingerprint density at radius 3 is 2.63 bits per heavy atom. The number of nitrogens with two attached hydrogens (primary N) is 1. The molecular formula is C12H12BrN3O3. The predicted octanol–water partition coefficient (Wildman–Crippen LogP) is 0.960. The largest absolute Gasteiger partial charge is 0.492 e. The third-order valence-corrected chi connectivity index (χ3v) is 3.01. The Bertz CT molecular complexity index is 676. The molecule has 0 aliphatic heterocycles. The maximum absolute atomic E-state index is 11.5. The summed E-state index contributed by atoms with van der Waals surface area (Å²) in [6.45, 7) is 0.640. The fourth-order valence-corrected chi connectivity index (χ4v) is 1.82. The predicted molar refractivity (Wildman–Crippen MR) is 75.4 cm³/mol. The molecule has 0 radical (unpaired) electrons. The summed E-state index contributed by atoms with van der Waals surface area (Å²) >= 11 is 3.07. The average Bonchev–Trinajstić information content (AvgIpc) is 2.38. The zero-order valence-corrected chi connectivity index (χ0v) is 11.5.